The molecule has 0 amide bonds. The summed E-state index contributed by atoms with van der Waals surface area (Å²) < 4.78 is 1.68. The Morgan fingerprint density at radius 2 is 1.96 bits per heavy atom. The number of aromatic amines is 1. The SMILES string of the molecule is Cc1n[nH]c(=O)c2c1[C@H](c1ccc(C(C)C)cc1)n1nnnc1N2. The van der Waals surface area contributed by atoms with Crippen molar-refractivity contribution in [2.75, 3.05) is 5.32 Å². The number of tetrazole rings is 1. The number of aryl methyl sites for hydroxylation is 1. The first-order valence-electron chi connectivity index (χ1n) is 7.80. The van der Waals surface area contributed by atoms with Crippen molar-refractivity contribution in [1.29, 1.82) is 0 Å². The molecule has 0 fully saturated rings. The van der Waals surface area contributed by atoms with Crippen molar-refractivity contribution in [3.05, 3.63) is 57.0 Å². The number of H-pyrrole nitrogens is 1. The van der Waals surface area contributed by atoms with Crippen molar-refractivity contribution in [1.82, 2.24) is 30.4 Å². The van der Waals surface area contributed by atoms with Gasteiger partial charge in [-0.3, -0.25) is 4.79 Å². The maximum absolute atomic E-state index is 12.2. The van der Waals surface area contributed by atoms with Crippen LogP contribution in [0.4, 0.5) is 11.6 Å². The molecule has 0 spiro atoms. The molecule has 122 valence electrons. The van der Waals surface area contributed by atoms with Crippen LogP contribution < -0.4 is 10.9 Å². The van der Waals surface area contributed by atoms with Gasteiger partial charge in [0.25, 0.3) is 5.56 Å². The molecule has 1 aromatic carbocycles. The molecule has 4 rings (SSSR count). The molecule has 0 aliphatic carbocycles. The molecule has 2 aromatic heterocycles. The lowest BCUT2D eigenvalue weighted by atomic mass is 9.93. The minimum Gasteiger partial charge on any atom is -0.318 e. The Balaban J connectivity index is 1.93. The van der Waals surface area contributed by atoms with E-state index in [4.69, 9.17) is 0 Å². The van der Waals surface area contributed by atoms with E-state index in [0.717, 1.165) is 16.8 Å². The van der Waals surface area contributed by atoms with Gasteiger partial charge in [-0.2, -0.15) is 9.78 Å². The lowest BCUT2D eigenvalue weighted by molar-refractivity contribution is 0.562. The molecule has 3 heterocycles. The predicted molar refractivity (Wildman–Crippen MR) is 88.5 cm³/mol. The molecule has 8 nitrogen and oxygen atoms in total. The molecule has 1 aliphatic rings. The zero-order valence-electron chi connectivity index (χ0n) is 13.6. The molecule has 2 N–H and O–H groups in total. The van der Waals surface area contributed by atoms with Crippen LogP contribution in [0.3, 0.4) is 0 Å². The molecule has 3 aromatic rings. The topological polar surface area (TPSA) is 101 Å². The Hall–Kier alpha value is -3.03. The summed E-state index contributed by atoms with van der Waals surface area (Å²) in [6.45, 7) is 6.17. The van der Waals surface area contributed by atoms with Crippen molar-refractivity contribution >= 4 is 11.6 Å². The fourth-order valence-electron chi connectivity index (χ4n) is 3.07. The molecule has 0 radical (unpaired) electrons. The van der Waals surface area contributed by atoms with E-state index in [1.165, 1.54) is 5.56 Å². The fraction of sp³-hybridized carbons (Fsp3) is 0.312. The van der Waals surface area contributed by atoms with E-state index < -0.39 is 0 Å². The molecule has 24 heavy (non-hydrogen) atoms. The van der Waals surface area contributed by atoms with Crippen molar-refractivity contribution in [3.8, 4) is 0 Å². The third-order valence-electron chi connectivity index (χ3n) is 4.38. The number of fused-ring (bicyclic) bond motifs is 2. The van der Waals surface area contributed by atoms with E-state index >= 15 is 0 Å². The number of benzene rings is 1. The van der Waals surface area contributed by atoms with Crippen LogP contribution in [0.1, 0.15) is 48.2 Å². The number of rotatable bonds is 2. The van der Waals surface area contributed by atoms with E-state index in [1.807, 2.05) is 6.92 Å². The summed E-state index contributed by atoms with van der Waals surface area (Å²) in [7, 11) is 0. The Bertz CT molecular complexity index is 955. The second kappa shape index (κ2) is 5.26. The van der Waals surface area contributed by atoms with E-state index in [9.17, 15) is 4.79 Å². The highest BCUT2D eigenvalue weighted by molar-refractivity contribution is 5.64. The van der Waals surface area contributed by atoms with E-state index in [-0.39, 0.29) is 11.6 Å². The van der Waals surface area contributed by atoms with Crippen LogP contribution in [0.15, 0.2) is 29.1 Å². The lowest BCUT2D eigenvalue weighted by Gasteiger charge is -2.27. The van der Waals surface area contributed by atoms with Crippen LogP contribution in [-0.4, -0.2) is 30.4 Å². The minimum absolute atomic E-state index is 0.284. The van der Waals surface area contributed by atoms with Gasteiger partial charge in [-0.1, -0.05) is 43.2 Å². The van der Waals surface area contributed by atoms with Crippen LogP contribution in [0.25, 0.3) is 0 Å². The number of hydrogen-bond donors (Lipinski definition) is 2. The maximum Gasteiger partial charge on any atom is 0.288 e. The van der Waals surface area contributed by atoms with Gasteiger partial charge in [-0.15, -0.1) is 0 Å². The molecule has 8 heteroatoms. The first-order valence-corrected chi connectivity index (χ1v) is 7.80. The zero-order valence-corrected chi connectivity index (χ0v) is 13.6. The summed E-state index contributed by atoms with van der Waals surface area (Å²) in [5.41, 5.74) is 3.94. The molecule has 0 saturated heterocycles. The summed E-state index contributed by atoms with van der Waals surface area (Å²) in [6, 6.07) is 8.02. The quantitative estimate of drug-likeness (QED) is 0.584. The second-order valence-electron chi connectivity index (χ2n) is 6.22. The van der Waals surface area contributed by atoms with Crippen molar-refractivity contribution in [3.63, 3.8) is 0 Å². The van der Waals surface area contributed by atoms with E-state index in [2.05, 4.69) is 69.2 Å². The molecule has 0 unspecified atom stereocenters. The molecular weight excluding hydrogens is 306 g/mol. The zero-order chi connectivity index (χ0) is 16.8. The summed E-state index contributed by atoms with van der Waals surface area (Å²) in [6.07, 6.45) is 0. The summed E-state index contributed by atoms with van der Waals surface area (Å²) in [4.78, 5) is 12.2. The highest BCUT2D eigenvalue weighted by Crippen LogP contribution is 2.37. The van der Waals surface area contributed by atoms with Gasteiger partial charge in [0.15, 0.2) is 0 Å². The van der Waals surface area contributed by atoms with Crippen molar-refractivity contribution in [2.45, 2.75) is 32.7 Å². The van der Waals surface area contributed by atoms with Crippen LogP contribution in [0, 0.1) is 6.92 Å². The first-order chi connectivity index (χ1) is 11.6. The maximum atomic E-state index is 12.2. The second-order valence-corrected chi connectivity index (χ2v) is 6.22. The smallest absolute Gasteiger partial charge is 0.288 e. The molecule has 1 aliphatic heterocycles. The van der Waals surface area contributed by atoms with Crippen LogP contribution in [-0.2, 0) is 0 Å². The third-order valence-corrected chi connectivity index (χ3v) is 4.38. The van der Waals surface area contributed by atoms with Crippen LogP contribution in [0.5, 0.6) is 0 Å². The summed E-state index contributed by atoms with van der Waals surface area (Å²) in [5, 5.41) is 21.4. The van der Waals surface area contributed by atoms with Gasteiger partial charge in [-0.25, -0.2) is 5.10 Å². The Morgan fingerprint density at radius 1 is 1.21 bits per heavy atom. The van der Waals surface area contributed by atoms with Crippen LogP contribution in [0.2, 0.25) is 0 Å². The number of hydrogen-bond acceptors (Lipinski definition) is 6. The van der Waals surface area contributed by atoms with Gasteiger partial charge < -0.3 is 5.32 Å². The van der Waals surface area contributed by atoms with Crippen molar-refractivity contribution in [2.24, 2.45) is 0 Å². The van der Waals surface area contributed by atoms with Gasteiger partial charge in [0.05, 0.1) is 5.69 Å². The Morgan fingerprint density at radius 3 is 2.67 bits per heavy atom. The van der Waals surface area contributed by atoms with Gasteiger partial charge in [0.2, 0.25) is 5.95 Å². The first kappa shape index (κ1) is 14.6. The van der Waals surface area contributed by atoms with Gasteiger partial charge in [0, 0.05) is 5.56 Å². The lowest BCUT2D eigenvalue weighted by Crippen LogP contribution is -2.29. The normalized spacial score (nSPS) is 15.8. The predicted octanol–water partition coefficient (Wildman–Crippen LogP) is 1.88. The minimum atomic E-state index is -0.290. The number of nitrogens with one attached hydrogen (secondary N) is 2. The van der Waals surface area contributed by atoms with Gasteiger partial charge in [0.1, 0.15) is 11.7 Å². The average Bonchev–Trinajstić information content (AvgIpc) is 3.05. The Labute approximate surface area is 137 Å². The average molecular weight is 323 g/mol. The monoisotopic (exact) mass is 323 g/mol. The van der Waals surface area contributed by atoms with Crippen LogP contribution >= 0.6 is 0 Å². The molecule has 1 atom stereocenters. The highest BCUT2D eigenvalue weighted by Gasteiger charge is 2.32. The third kappa shape index (κ3) is 2.10. The summed E-state index contributed by atoms with van der Waals surface area (Å²) >= 11 is 0. The number of aromatic nitrogens is 6. The Kier molecular flexibility index (Phi) is 3.19. The summed E-state index contributed by atoms with van der Waals surface area (Å²) in [5.74, 6) is 0.894. The number of nitrogens with zero attached hydrogens (tertiary/aromatic N) is 5. The largest absolute Gasteiger partial charge is 0.318 e. The van der Waals surface area contributed by atoms with E-state index in [0.29, 0.717) is 17.6 Å². The fourth-order valence-corrected chi connectivity index (χ4v) is 3.07. The van der Waals surface area contributed by atoms with Gasteiger partial charge >= 0.3 is 0 Å². The molecule has 0 bridgehead atoms. The number of anilines is 2. The highest BCUT2D eigenvalue weighted by atomic mass is 16.1. The molecule has 0 saturated carbocycles. The van der Waals surface area contributed by atoms with Gasteiger partial charge in [-0.05, 0) is 34.4 Å². The molecular formula is C16H17N7O. The van der Waals surface area contributed by atoms with E-state index in [1.54, 1.807) is 4.68 Å². The van der Waals surface area contributed by atoms with Crippen molar-refractivity contribution < 1.29 is 0 Å². The standard InChI is InChI=1S/C16H17N7O/c1-8(2)10-4-6-11(7-5-10)14-12-9(3)18-19-15(24)13(12)17-16-20-21-22-23(14)16/h4-8,14H,1-3H3,(H,19,24)(H,17,20,22)/t14-/m0/s1.